The Morgan fingerprint density at radius 1 is 0.637 bits per heavy atom. The number of ether oxygens (including phenoxy) is 8. The summed E-state index contributed by atoms with van der Waals surface area (Å²) in [6, 6.07) is 19.5. The van der Waals surface area contributed by atoms with E-state index in [1.165, 1.54) is 11.3 Å². The summed E-state index contributed by atoms with van der Waals surface area (Å²) in [7, 11) is 0. The first-order valence-corrected chi connectivity index (χ1v) is 28.6. The fourth-order valence-electron chi connectivity index (χ4n) is 9.06. The average Bonchev–Trinajstić information content (AvgIpc) is 3.91. The first-order chi connectivity index (χ1) is 38.8. The third kappa shape index (κ3) is 20.6. The van der Waals surface area contributed by atoms with Crippen molar-refractivity contribution >= 4 is 68.7 Å². The molecule has 2 aliphatic carbocycles. The molecule has 17 nitrogen and oxygen atoms in total. The molecule has 1 aromatic heterocycles. The average molecular weight is 1120 g/mol. The van der Waals surface area contributed by atoms with Crippen molar-refractivity contribution in [3.63, 3.8) is 0 Å². The molecule has 18 heteroatoms. The number of unbranched alkanes of at least 4 members (excludes halogenated alkanes) is 6. The minimum absolute atomic E-state index is 0.227. The molecule has 2 fully saturated rings. The predicted molar refractivity (Wildman–Crippen MR) is 305 cm³/mol. The van der Waals surface area contributed by atoms with Crippen molar-refractivity contribution in [3.8, 4) is 23.0 Å². The molecular formula is C62H75N3O14S. The summed E-state index contributed by atoms with van der Waals surface area (Å²) in [5.74, 6) is -2.04. The maximum absolute atomic E-state index is 13.8. The van der Waals surface area contributed by atoms with Crippen LogP contribution in [0.15, 0.2) is 122 Å². The van der Waals surface area contributed by atoms with Crippen LogP contribution in [-0.4, -0.2) is 86.1 Å². The number of allylic oxidation sites excluding steroid dienone is 1. The number of nitrogens with zero attached hydrogens (tertiary/aromatic N) is 3. The first-order valence-electron chi connectivity index (χ1n) is 27.8. The van der Waals surface area contributed by atoms with Gasteiger partial charge < -0.3 is 37.9 Å². The number of hydrogen-bond donors (Lipinski definition) is 0. The molecule has 2 saturated carbocycles. The molecule has 428 valence electrons. The third-order valence-corrected chi connectivity index (χ3v) is 14.7. The Labute approximate surface area is 473 Å². The summed E-state index contributed by atoms with van der Waals surface area (Å²) in [5, 5.41) is 7.17. The number of aromatic nitrogens is 1. The van der Waals surface area contributed by atoms with E-state index in [9.17, 15) is 28.8 Å². The molecule has 6 rings (SSSR count). The number of hydrogen-bond acceptors (Lipinski definition) is 18. The minimum atomic E-state index is -0.517. The summed E-state index contributed by atoms with van der Waals surface area (Å²) < 4.78 is 45.9. The van der Waals surface area contributed by atoms with Gasteiger partial charge >= 0.3 is 35.8 Å². The van der Waals surface area contributed by atoms with Gasteiger partial charge in [0.1, 0.15) is 34.9 Å². The summed E-state index contributed by atoms with van der Waals surface area (Å²) in [4.78, 5) is 80.8. The molecule has 1 heterocycles. The highest BCUT2D eigenvalue weighted by molar-refractivity contribution is 7.22. The van der Waals surface area contributed by atoms with E-state index in [-0.39, 0.29) is 35.3 Å². The van der Waals surface area contributed by atoms with Gasteiger partial charge in [-0.3, -0.25) is 19.2 Å². The molecule has 80 heavy (non-hydrogen) atoms. The molecule has 0 N–H and O–H groups in total. The largest absolute Gasteiger partial charge is 0.494 e. The van der Waals surface area contributed by atoms with Crippen molar-refractivity contribution in [2.45, 2.75) is 123 Å². The van der Waals surface area contributed by atoms with Crippen LogP contribution < -0.4 is 24.0 Å². The molecule has 0 amide bonds. The van der Waals surface area contributed by atoms with Crippen molar-refractivity contribution in [1.29, 1.82) is 0 Å². The lowest BCUT2D eigenvalue weighted by molar-refractivity contribution is -0.154. The van der Waals surface area contributed by atoms with E-state index in [2.05, 4.69) is 19.7 Å². The molecule has 1 unspecified atom stereocenters. The second-order valence-electron chi connectivity index (χ2n) is 19.7. The van der Waals surface area contributed by atoms with Crippen molar-refractivity contribution in [1.82, 2.24) is 4.98 Å². The molecule has 0 saturated heterocycles. The van der Waals surface area contributed by atoms with Crippen LogP contribution in [0.4, 0.5) is 5.13 Å². The highest BCUT2D eigenvalue weighted by Gasteiger charge is 2.34. The zero-order chi connectivity index (χ0) is 57.1. The van der Waals surface area contributed by atoms with Crippen molar-refractivity contribution in [3.05, 3.63) is 122 Å². The van der Waals surface area contributed by atoms with Crippen molar-refractivity contribution in [2.24, 2.45) is 28.8 Å². The van der Waals surface area contributed by atoms with E-state index in [1.807, 2.05) is 31.2 Å². The van der Waals surface area contributed by atoms with Gasteiger partial charge in [0.2, 0.25) is 5.13 Å². The molecule has 2 aliphatic rings. The van der Waals surface area contributed by atoms with Crippen LogP contribution in [-0.2, 0) is 47.7 Å². The van der Waals surface area contributed by atoms with Gasteiger partial charge in [-0.15, -0.1) is 0 Å². The Morgan fingerprint density at radius 3 is 1.70 bits per heavy atom. The number of para-hydroxylation sites is 1. The SMILES string of the molecule is C=CC(=O)OCCCCCCOC(=C)/C=C\C(C)OC(=O)C1CCC(C(=O)Oc2ccc(OC(=O)C3CCC(C(=O)Oc4ccc(OCCCCCCOC(=O)C=C)cc4)CC3)cc2/C=N/N(CC)c2nc3ccccc3s2)CC1. The number of anilines is 1. The molecular weight excluding hydrogens is 1040 g/mol. The monoisotopic (exact) mass is 1120 g/mol. The topological polar surface area (TPSA) is 205 Å². The summed E-state index contributed by atoms with van der Waals surface area (Å²) >= 11 is 1.50. The Kier molecular flexibility index (Phi) is 25.5. The molecule has 0 bridgehead atoms. The second-order valence-corrected chi connectivity index (χ2v) is 20.7. The maximum Gasteiger partial charge on any atom is 0.330 e. The van der Waals surface area contributed by atoms with Gasteiger partial charge in [-0.1, -0.05) is 43.2 Å². The Hall–Kier alpha value is -7.60. The Balaban J connectivity index is 0.968. The van der Waals surface area contributed by atoms with Crippen molar-refractivity contribution < 1.29 is 66.7 Å². The fourth-order valence-corrected chi connectivity index (χ4v) is 10.0. The quantitative estimate of drug-likeness (QED) is 0.00513. The second kappa shape index (κ2) is 33.1. The molecule has 4 aromatic rings. The molecule has 3 aromatic carbocycles. The van der Waals surface area contributed by atoms with Crippen LogP contribution in [0.5, 0.6) is 23.0 Å². The normalized spacial score (nSPS) is 17.4. The number of esters is 6. The van der Waals surface area contributed by atoms with Gasteiger partial charge in [-0.2, -0.15) is 5.10 Å². The standard InChI is InChI=1S/C62H75N3O14S/c1-6-56(66)74-39-17-11-9-15-37-72-43(4)21-22-44(5)76-58(68)45-23-29-48(30-24-45)61(71)79-54-36-35-52(41-49(54)42-63-65(8-3)62-64-53-19-13-14-20-55(53)80-62)78-60(70)47-27-25-46(26-28-47)59(69)77-51-33-31-50(32-34-51)73-38-16-10-12-18-40-75-57(67)7-2/h6-7,13-14,19-22,31-36,41-42,44-48H,1-2,4,8-12,15-18,23-30,37-40H2,3,5H3/b22-21-,63-42+. The van der Waals surface area contributed by atoms with Gasteiger partial charge in [-0.05, 0) is 183 Å². The maximum atomic E-state index is 13.8. The molecule has 0 radical (unpaired) electrons. The molecule has 0 aliphatic heterocycles. The van der Waals surface area contributed by atoms with Gasteiger partial charge in [0.15, 0.2) is 0 Å². The van der Waals surface area contributed by atoms with Gasteiger partial charge in [0, 0.05) is 24.3 Å². The van der Waals surface area contributed by atoms with Gasteiger partial charge in [0.25, 0.3) is 0 Å². The van der Waals surface area contributed by atoms with E-state index in [0.29, 0.717) is 112 Å². The minimum Gasteiger partial charge on any atom is -0.494 e. The Bertz CT molecular complexity index is 2740. The van der Waals surface area contributed by atoms with Crippen LogP contribution >= 0.6 is 11.3 Å². The molecule has 0 spiro atoms. The summed E-state index contributed by atoms with van der Waals surface area (Å²) in [6.45, 7) is 16.7. The van der Waals surface area contributed by atoms with Gasteiger partial charge in [0.05, 0.1) is 66.5 Å². The zero-order valence-electron chi connectivity index (χ0n) is 46.1. The number of rotatable bonds is 32. The van der Waals surface area contributed by atoms with Crippen LogP contribution in [0, 0.1) is 23.7 Å². The van der Waals surface area contributed by atoms with E-state index in [1.54, 1.807) is 72.8 Å². The highest BCUT2D eigenvalue weighted by atomic mass is 32.1. The predicted octanol–water partition coefficient (Wildman–Crippen LogP) is 12.2. The van der Waals surface area contributed by atoms with Crippen LogP contribution in [0.25, 0.3) is 10.2 Å². The lowest BCUT2D eigenvalue weighted by atomic mass is 9.82. The van der Waals surface area contributed by atoms with Gasteiger partial charge in [-0.25, -0.2) is 19.6 Å². The highest BCUT2D eigenvalue weighted by Crippen LogP contribution is 2.35. The van der Waals surface area contributed by atoms with E-state index < -0.39 is 41.8 Å². The number of fused-ring (bicyclic) bond motifs is 1. The number of thiazole rings is 1. The van der Waals surface area contributed by atoms with Crippen LogP contribution in [0.3, 0.4) is 0 Å². The van der Waals surface area contributed by atoms with Crippen LogP contribution in [0.2, 0.25) is 0 Å². The Morgan fingerprint density at radius 2 is 1.14 bits per heavy atom. The lowest BCUT2D eigenvalue weighted by Gasteiger charge is -2.27. The molecule has 1 atom stereocenters. The number of benzene rings is 3. The smallest absolute Gasteiger partial charge is 0.330 e. The fraction of sp³-hybridized carbons (Fsp3) is 0.452. The lowest BCUT2D eigenvalue weighted by Crippen LogP contribution is -2.30. The van der Waals surface area contributed by atoms with E-state index >= 15 is 0 Å². The number of carbonyl (C=O) groups excluding carboxylic acids is 6. The number of hydrazone groups is 1. The third-order valence-electron chi connectivity index (χ3n) is 13.7. The van der Waals surface area contributed by atoms with E-state index in [4.69, 9.17) is 48.0 Å². The summed E-state index contributed by atoms with van der Waals surface area (Å²) in [5.41, 5.74) is 1.25. The van der Waals surface area contributed by atoms with E-state index in [0.717, 1.165) is 73.7 Å². The number of carbonyl (C=O) groups is 6. The van der Waals surface area contributed by atoms with Crippen LogP contribution in [0.1, 0.15) is 122 Å². The van der Waals surface area contributed by atoms with Crippen molar-refractivity contribution in [2.75, 3.05) is 38.0 Å². The first kappa shape index (κ1) is 61.6. The zero-order valence-corrected chi connectivity index (χ0v) is 46.9. The summed E-state index contributed by atoms with van der Waals surface area (Å²) in [6.07, 6.45) is 17.2.